The van der Waals surface area contributed by atoms with Crippen molar-refractivity contribution in [2.24, 2.45) is 5.41 Å². The van der Waals surface area contributed by atoms with E-state index in [4.69, 9.17) is 12.2 Å². The summed E-state index contributed by atoms with van der Waals surface area (Å²) in [5.74, 6) is 1.55. The zero-order valence-corrected chi connectivity index (χ0v) is 11.4. The Labute approximate surface area is 112 Å². The highest BCUT2D eigenvalue weighted by atomic mass is 32.1. The lowest BCUT2D eigenvalue weighted by atomic mass is 10.1. The number of nitrogens with one attached hydrogen (secondary N) is 1. The van der Waals surface area contributed by atoms with E-state index in [1.54, 1.807) is 0 Å². The lowest BCUT2D eigenvalue weighted by molar-refractivity contribution is 0.608. The average molecular weight is 256 g/mol. The molecule has 2 nitrogen and oxygen atoms in total. The SMILES string of the molecule is CC1(C)CC1c1nc(=S)cc(-c2ccccc2)[nH]1. The van der Waals surface area contributed by atoms with Gasteiger partial charge in [-0.2, -0.15) is 0 Å². The molecule has 2 aromatic rings. The van der Waals surface area contributed by atoms with Crippen molar-refractivity contribution in [2.75, 3.05) is 0 Å². The fourth-order valence-corrected chi connectivity index (χ4v) is 2.56. The van der Waals surface area contributed by atoms with Gasteiger partial charge >= 0.3 is 0 Å². The van der Waals surface area contributed by atoms with Crippen LogP contribution in [0.5, 0.6) is 0 Å². The molecule has 1 heterocycles. The number of rotatable bonds is 2. The van der Waals surface area contributed by atoms with Crippen molar-refractivity contribution in [3.63, 3.8) is 0 Å². The summed E-state index contributed by atoms with van der Waals surface area (Å²) >= 11 is 5.28. The van der Waals surface area contributed by atoms with Crippen molar-refractivity contribution < 1.29 is 0 Å². The zero-order valence-electron chi connectivity index (χ0n) is 10.6. The van der Waals surface area contributed by atoms with Gasteiger partial charge in [-0.1, -0.05) is 56.4 Å². The molecule has 0 radical (unpaired) electrons. The normalized spacial score (nSPS) is 20.7. The maximum absolute atomic E-state index is 5.28. The van der Waals surface area contributed by atoms with E-state index in [-0.39, 0.29) is 0 Å². The standard InChI is InChI=1S/C15H16N2S/c1-15(2)9-11(15)14-16-12(8-13(18)17-14)10-6-4-3-5-7-10/h3-8,11H,9H2,1-2H3,(H,16,17,18). The van der Waals surface area contributed by atoms with Crippen LogP contribution in [-0.2, 0) is 0 Å². The van der Waals surface area contributed by atoms with Gasteiger partial charge in [0, 0.05) is 11.6 Å². The summed E-state index contributed by atoms with van der Waals surface area (Å²) < 4.78 is 0.672. The van der Waals surface area contributed by atoms with Crippen molar-refractivity contribution >= 4 is 12.2 Å². The van der Waals surface area contributed by atoms with Gasteiger partial charge in [0.1, 0.15) is 10.5 Å². The summed E-state index contributed by atoms with van der Waals surface area (Å²) in [6, 6.07) is 12.2. The smallest absolute Gasteiger partial charge is 0.130 e. The van der Waals surface area contributed by atoms with Gasteiger partial charge in [0.2, 0.25) is 0 Å². The molecular weight excluding hydrogens is 240 g/mol. The van der Waals surface area contributed by atoms with Crippen molar-refractivity contribution in [1.29, 1.82) is 0 Å². The average Bonchev–Trinajstić information content (AvgIpc) is 2.99. The Hall–Kier alpha value is -1.48. The zero-order chi connectivity index (χ0) is 12.8. The molecule has 0 aliphatic heterocycles. The van der Waals surface area contributed by atoms with Crippen LogP contribution in [-0.4, -0.2) is 9.97 Å². The molecule has 1 atom stereocenters. The lowest BCUT2D eigenvalue weighted by Crippen LogP contribution is -1.99. The van der Waals surface area contributed by atoms with Gasteiger partial charge in [-0.3, -0.25) is 0 Å². The number of nitrogens with zero attached hydrogens (tertiary/aromatic N) is 1. The Morgan fingerprint density at radius 1 is 1.28 bits per heavy atom. The minimum atomic E-state index is 0.362. The Morgan fingerprint density at radius 3 is 2.56 bits per heavy atom. The summed E-state index contributed by atoms with van der Waals surface area (Å²) in [5.41, 5.74) is 2.58. The molecule has 1 unspecified atom stereocenters. The van der Waals surface area contributed by atoms with Gasteiger partial charge in [0.05, 0.1) is 0 Å². The fraction of sp³-hybridized carbons (Fsp3) is 0.333. The first kappa shape index (κ1) is 11.6. The van der Waals surface area contributed by atoms with Gasteiger partial charge in [-0.05, 0) is 23.5 Å². The van der Waals surface area contributed by atoms with Crippen LogP contribution in [0.3, 0.4) is 0 Å². The molecule has 0 bridgehead atoms. The second kappa shape index (κ2) is 4.02. The molecule has 1 saturated carbocycles. The van der Waals surface area contributed by atoms with Crippen LogP contribution in [0.1, 0.15) is 32.0 Å². The highest BCUT2D eigenvalue weighted by molar-refractivity contribution is 7.71. The van der Waals surface area contributed by atoms with Gasteiger partial charge in [-0.25, -0.2) is 4.98 Å². The molecule has 3 heteroatoms. The third-order valence-electron chi connectivity index (χ3n) is 3.69. The van der Waals surface area contributed by atoms with Crippen LogP contribution in [0, 0.1) is 10.1 Å². The van der Waals surface area contributed by atoms with Crippen molar-refractivity contribution in [3.05, 3.63) is 46.9 Å². The summed E-state index contributed by atoms with van der Waals surface area (Å²) in [5, 5.41) is 0. The Bertz CT molecular complexity index is 628. The van der Waals surface area contributed by atoms with Gasteiger partial charge in [0.15, 0.2) is 0 Å². The first-order valence-electron chi connectivity index (χ1n) is 6.23. The lowest BCUT2D eigenvalue weighted by Gasteiger charge is -2.07. The predicted octanol–water partition coefficient (Wildman–Crippen LogP) is 4.32. The molecule has 0 spiro atoms. The maximum atomic E-state index is 5.28. The number of H-pyrrole nitrogens is 1. The first-order chi connectivity index (χ1) is 8.56. The van der Waals surface area contributed by atoms with E-state index in [1.807, 2.05) is 24.3 Å². The summed E-state index contributed by atoms with van der Waals surface area (Å²) in [4.78, 5) is 7.92. The monoisotopic (exact) mass is 256 g/mol. The van der Waals surface area contributed by atoms with E-state index in [0.717, 1.165) is 17.1 Å². The molecule has 92 valence electrons. The van der Waals surface area contributed by atoms with Crippen molar-refractivity contribution in [3.8, 4) is 11.3 Å². The molecule has 1 N–H and O–H groups in total. The number of hydrogen-bond donors (Lipinski definition) is 1. The molecule has 1 aromatic heterocycles. The number of hydrogen-bond acceptors (Lipinski definition) is 2. The van der Waals surface area contributed by atoms with Crippen molar-refractivity contribution in [2.45, 2.75) is 26.2 Å². The summed E-state index contributed by atoms with van der Waals surface area (Å²) in [6.07, 6.45) is 1.18. The molecule has 1 aromatic carbocycles. The highest BCUT2D eigenvalue weighted by Gasteiger charge is 2.48. The van der Waals surface area contributed by atoms with Crippen LogP contribution in [0.2, 0.25) is 0 Å². The van der Waals surface area contributed by atoms with E-state index in [0.29, 0.717) is 16.0 Å². The molecule has 1 aliphatic carbocycles. The summed E-state index contributed by atoms with van der Waals surface area (Å²) in [7, 11) is 0. The van der Waals surface area contributed by atoms with E-state index in [1.165, 1.54) is 6.42 Å². The Kier molecular flexibility index (Phi) is 2.59. The third kappa shape index (κ3) is 2.10. The van der Waals surface area contributed by atoms with Gasteiger partial charge in [-0.15, -0.1) is 0 Å². The molecule has 18 heavy (non-hydrogen) atoms. The fourth-order valence-electron chi connectivity index (χ4n) is 2.35. The third-order valence-corrected chi connectivity index (χ3v) is 3.90. The van der Waals surface area contributed by atoms with Crippen LogP contribution >= 0.6 is 12.2 Å². The first-order valence-corrected chi connectivity index (χ1v) is 6.64. The van der Waals surface area contributed by atoms with E-state index >= 15 is 0 Å². The van der Waals surface area contributed by atoms with E-state index in [2.05, 4.69) is 35.9 Å². The Morgan fingerprint density at radius 2 is 1.94 bits per heavy atom. The topological polar surface area (TPSA) is 28.7 Å². The van der Waals surface area contributed by atoms with Crippen molar-refractivity contribution in [1.82, 2.24) is 9.97 Å². The largest absolute Gasteiger partial charge is 0.343 e. The molecule has 0 amide bonds. The quantitative estimate of drug-likeness (QED) is 0.811. The van der Waals surface area contributed by atoms with Gasteiger partial charge in [0.25, 0.3) is 0 Å². The van der Waals surface area contributed by atoms with E-state index in [9.17, 15) is 0 Å². The molecule has 3 rings (SSSR count). The predicted molar refractivity (Wildman–Crippen MR) is 76.0 cm³/mol. The van der Waals surface area contributed by atoms with Crippen LogP contribution in [0.4, 0.5) is 0 Å². The minimum Gasteiger partial charge on any atom is -0.343 e. The highest BCUT2D eigenvalue weighted by Crippen LogP contribution is 2.57. The summed E-state index contributed by atoms with van der Waals surface area (Å²) in [6.45, 7) is 4.54. The molecule has 1 aliphatic rings. The van der Waals surface area contributed by atoms with Crippen LogP contribution < -0.4 is 0 Å². The number of benzene rings is 1. The number of aromatic amines is 1. The molecule has 1 fully saturated rings. The second-order valence-corrected chi connectivity index (χ2v) is 6.05. The number of aromatic nitrogens is 2. The second-order valence-electron chi connectivity index (χ2n) is 5.63. The molecular formula is C15H16N2S. The van der Waals surface area contributed by atoms with Crippen LogP contribution in [0.15, 0.2) is 36.4 Å². The minimum absolute atomic E-state index is 0.362. The van der Waals surface area contributed by atoms with Gasteiger partial charge < -0.3 is 4.98 Å². The van der Waals surface area contributed by atoms with E-state index < -0.39 is 0 Å². The maximum Gasteiger partial charge on any atom is 0.130 e. The van der Waals surface area contributed by atoms with Crippen LogP contribution in [0.25, 0.3) is 11.3 Å². The Balaban J connectivity index is 2.05. The molecule has 0 saturated heterocycles.